The Bertz CT molecular complexity index is 590. The summed E-state index contributed by atoms with van der Waals surface area (Å²) in [5.41, 5.74) is 1.30. The van der Waals surface area contributed by atoms with Gasteiger partial charge in [-0.15, -0.1) is 0 Å². The first kappa shape index (κ1) is 11.9. The van der Waals surface area contributed by atoms with E-state index in [1.54, 1.807) is 36.4 Å². The maximum atomic E-state index is 9.91. The minimum absolute atomic E-state index is 0.133. The maximum absolute atomic E-state index is 9.91. The summed E-state index contributed by atoms with van der Waals surface area (Å²) in [5, 5.41) is 19.5. The van der Waals surface area contributed by atoms with Gasteiger partial charge in [-0.05, 0) is 24.3 Å². The second-order valence-electron chi connectivity index (χ2n) is 4.46. The Morgan fingerprint density at radius 1 is 1.11 bits per heavy atom. The molecule has 0 aliphatic carbocycles. The molecule has 1 atom stereocenters. The van der Waals surface area contributed by atoms with Crippen molar-refractivity contribution < 1.29 is 19.7 Å². The van der Waals surface area contributed by atoms with Gasteiger partial charge in [0.1, 0.15) is 30.0 Å². The molecule has 4 heteroatoms. The lowest BCUT2D eigenvalue weighted by Crippen LogP contribution is -2.04. The summed E-state index contributed by atoms with van der Waals surface area (Å²) >= 11 is 0. The predicted octanol–water partition coefficient (Wildman–Crippen LogP) is 2.54. The van der Waals surface area contributed by atoms with Gasteiger partial charge in [0.15, 0.2) is 0 Å². The lowest BCUT2D eigenvalue weighted by Gasteiger charge is -2.12. The molecule has 1 fully saturated rings. The van der Waals surface area contributed by atoms with Crippen LogP contribution in [0.4, 0.5) is 0 Å². The van der Waals surface area contributed by atoms with Crippen molar-refractivity contribution in [1.82, 2.24) is 0 Å². The van der Waals surface area contributed by atoms with Crippen molar-refractivity contribution in [3.05, 3.63) is 42.5 Å². The largest absolute Gasteiger partial charge is 0.508 e. The zero-order valence-corrected chi connectivity index (χ0v) is 10.2. The molecule has 2 aromatic carbocycles. The van der Waals surface area contributed by atoms with E-state index in [2.05, 4.69) is 0 Å². The van der Waals surface area contributed by atoms with Crippen LogP contribution < -0.4 is 4.74 Å². The highest BCUT2D eigenvalue weighted by Gasteiger charge is 2.24. The third kappa shape index (κ3) is 2.63. The second-order valence-corrected chi connectivity index (χ2v) is 4.46. The Balaban J connectivity index is 1.97. The van der Waals surface area contributed by atoms with E-state index in [-0.39, 0.29) is 17.6 Å². The average molecular weight is 258 g/mol. The number of phenols is 2. The normalized spacial score (nSPS) is 17.2. The Morgan fingerprint density at radius 2 is 1.89 bits per heavy atom. The van der Waals surface area contributed by atoms with E-state index in [0.717, 1.165) is 6.61 Å². The van der Waals surface area contributed by atoms with Gasteiger partial charge in [0, 0.05) is 11.1 Å². The van der Waals surface area contributed by atoms with Crippen molar-refractivity contribution in [2.24, 2.45) is 0 Å². The molecule has 0 bridgehead atoms. The van der Waals surface area contributed by atoms with E-state index in [0.29, 0.717) is 23.5 Å². The van der Waals surface area contributed by atoms with Crippen LogP contribution in [-0.2, 0) is 4.74 Å². The quantitative estimate of drug-likeness (QED) is 0.827. The van der Waals surface area contributed by atoms with Crippen molar-refractivity contribution in [2.75, 3.05) is 13.2 Å². The summed E-state index contributed by atoms with van der Waals surface area (Å²) in [6, 6.07) is 11.8. The fourth-order valence-electron chi connectivity index (χ4n) is 1.90. The molecule has 0 radical (unpaired) electrons. The van der Waals surface area contributed by atoms with E-state index in [1.807, 2.05) is 6.07 Å². The molecule has 0 amide bonds. The van der Waals surface area contributed by atoms with Crippen LogP contribution in [0.25, 0.3) is 11.1 Å². The average Bonchev–Trinajstić information content (AvgIpc) is 3.22. The molecule has 0 saturated carbocycles. The standard InChI is InChI=1S/C15H14O4/c16-10-5-6-15(19-9-11-8-18-11)13(7-10)12-3-1-2-4-14(12)17/h1-7,11,16-17H,8-9H2. The Labute approximate surface area is 110 Å². The molecule has 4 nitrogen and oxygen atoms in total. The first-order chi connectivity index (χ1) is 9.24. The van der Waals surface area contributed by atoms with Crippen LogP contribution in [0, 0.1) is 0 Å². The molecular weight excluding hydrogens is 244 g/mol. The highest BCUT2D eigenvalue weighted by Crippen LogP contribution is 2.38. The summed E-state index contributed by atoms with van der Waals surface area (Å²) in [6.07, 6.45) is 0.158. The van der Waals surface area contributed by atoms with Crippen LogP contribution in [0.5, 0.6) is 17.2 Å². The minimum Gasteiger partial charge on any atom is -0.508 e. The smallest absolute Gasteiger partial charge is 0.127 e. The molecule has 0 spiro atoms. The Kier molecular flexibility index (Phi) is 3.01. The Morgan fingerprint density at radius 3 is 2.63 bits per heavy atom. The third-order valence-electron chi connectivity index (χ3n) is 2.98. The van der Waals surface area contributed by atoms with Gasteiger partial charge in [-0.2, -0.15) is 0 Å². The van der Waals surface area contributed by atoms with Crippen LogP contribution in [0.1, 0.15) is 0 Å². The van der Waals surface area contributed by atoms with Crippen LogP contribution in [-0.4, -0.2) is 29.5 Å². The fraction of sp³-hybridized carbons (Fsp3) is 0.200. The highest BCUT2D eigenvalue weighted by molar-refractivity contribution is 5.76. The van der Waals surface area contributed by atoms with Gasteiger partial charge in [-0.1, -0.05) is 18.2 Å². The first-order valence-electron chi connectivity index (χ1n) is 6.10. The number of epoxide rings is 1. The van der Waals surface area contributed by atoms with Gasteiger partial charge in [-0.25, -0.2) is 0 Å². The molecule has 1 heterocycles. The van der Waals surface area contributed by atoms with E-state index in [4.69, 9.17) is 9.47 Å². The summed E-state index contributed by atoms with van der Waals surface area (Å²) < 4.78 is 10.8. The zero-order valence-electron chi connectivity index (χ0n) is 10.2. The fourth-order valence-corrected chi connectivity index (χ4v) is 1.90. The van der Waals surface area contributed by atoms with Crippen molar-refractivity contribution in [3.8, 4) is 28.4 Å². The van der Waals surface area contributed by atoms with Crippen LogP contribution >= 0.6 is 0 Å². The van der Waals surface area contributed by atoms with Crippen molar-refractivity contribution in [2.45, 2.75) is 6.10 Å². The number of benzene rings is 2. The lowest BCUT2D eigenvalue weighted by molar-refractivity contribution is 0.263. The summed E-state index contributed by atoms with van der Waals surface area (Å²) in [5.74, 6) is 0.906. The van der Waals surface area contributed by atoms with E-state index >= 15 is 0 Å². The molecule has 1 unspecified atom stereocenters. The highest BCUT2D eigenvalue weighted by atomic mass is 16.6. The number of aromatic hydroxyl groups is 2. The van der Waals surface area contributed by atoms with Gasteiger partial charge in [0.05, 0.1) is 6.61 Å². The van der Waals surface area contributed by atoms with Gasteiger partial charge in [0.25, 0.3) is 0 Å². The van der Waals surface area contributed by atoms with Crippen molar-refractivity contribution in [3.63, 3.8) is 0 Å². The van der Waals surface area contributed by atoms with Crippen molar-refractivity contribution >= 4 is 0 Å². The number of hydrogen-bond donors (Lipinski definition) is 2. The molecule has 19 heavy (non-hydrogen) atoms. The molecular formula is C15H14O4. The zero-order chi connectivity index (χ0) is 13.2. The van der Waals surface area contributed by atoms with Gasteiger partial charge in [0.2, 0.25) is 0 Å². The number of para-hydroxylation sites is 1. The van der Waals surface area contributed by atoms with Crippen LogP contribution in [0.15, 0.2) is 42.5 Å². The SMILES string of the molecule is Oc1ccc(OCC2CO2)c(-c2ccccc2O)c1. The number of ether oxygens (including phenoxy) is 2. The molecule has 1 aliphatic rings. The lowest BCUT2D eigenvalue weighted by atomic mass is 10.0. The predicted molar refractivity (Wildman–Crippen MR) is 70.4 cm³/mol. The number of phenolic OH excluding ortho intramolecular Hbond substituents is 2. The van der Waals surface area contributed by atoms with E-state index in [1.165, 1.54) is 0 Å². The number of hydrogen-bond acceptors (Lipinski definition) is 4. The maximum Gasteiger partial charge on any atom is 0.127 e. The monoisotopic (exact) mass is 258 g/mol. The molecule has 1 saturated heterocycles. The minimum atomic E-state index is 0.133. The molecule has 0 aromatic heterocycles. The molecule has 1 aliphatic heterocycles. The van der Waals surface area contributed by atoms with Gasteiger partial charge >= 0.3 is 0 Å². The van der Waals surface area contributed by atoms with Crippen molar-refractivity contribution in [1.29, 1.82) is 0 Å². The number of rotatable bonds is 4. The summed E-state index contributed by atoms with van der Waals surface area (Å²) in [4.78, 5) is 0. The van der Waals surface area contributed by atoms with Crippen LogP contribution in [0.3, 0.4) is 0 Å². The van der Waals surface area contributed by atoms with E-state index < -0.39 is 0 Å². The van der Waals surface area contributed by atoms with E-state index in [9.17, 15) is 10.2 Å². The van der Waals surface area contributed by atoms with Crippen LogP contribution in [0.2, 0.25) is 0 Å². The molecule has 98 valence electrons. The summed E-state index contributed by atoms with van der Waals surface area (Å²) in [7, 11) is 0. The Hall–Kier alpha value is -2.20. The van der Waals surface area contributed by atoms with Gasteiger partial charge in [-0.3, -0.25) is 0 Å². The first-order valence-corrected chi connectivity index (χ1v) is 6.10. The molecule has 2 N–H and O–H groups in total. The third-order valence-corrected chi connectivity index (χ3v) is 2.98. The second kappa shape index (κ2) is 4.82. The summed E-state index contributed by atoms with van der Waals surface area (Å²) in [6.45, 7) is 1.20. The molecule has 3 rings (SSSR count). The molecule has 2 aromatic rings. The topological polar surface area (TPSA) is 62.2 Å². The van der Waals surface area contributed by atoms with Gasteiger partial charge < -0.3 is 19.7 Å².